The fourth-order valence-corrected chi connectivity index (χ4v) is 3.91. The molecule has 1 aliphatic carbocycles. The van der Waals surface area contributed by atoms with Crippen LogP contribution in [0.2, 0.25) is 0 Å². The van der Waals surface area contributed by atoms with Gasteiger partial charge in [0.2, 0.25) is 0 Å². The van der Waals surface area contributed by atoms with Crippen molar-refractivity contribution in [2.75, 3.05) is 6.54 Å². The number of nitrogens with one attached hydrogen (secondary N) is 1. The van der Waals surface area contributed by atoms with Crippen LogP contribution in [0.1, 0.15) is 32.7 Å². The molecular weight excluding hydrogens is 362 g/mol. The minimum atomic E-state index is -0.160. The normalized spacial score (nSPS) is 12.1. The van der Waals surface area contributed by atoms with E-state index < -0.39 is 0 Å². The molecule has 0 radical (unpaired) electrons. The Bertz CT molecular complexity index is 1260. The van der Waals surface area contributed by atoms with E-state index >= 15 is 0 Å². The fraction of sp³-hybridized carbons (Fsp3) is 0.125. The number of aromatic nitrogens is 2. The molecule has 0 saturated carbocycles. The zero-order valence-electron chi connectivity index (χ0n) is 15.8. The van der Waals surface area contributed by atoms with Gasteiger partial charge in [0.25, 0.3) is 5.91 Å². The summed E-state index contributed by atoms with van der Waals surface area (Å²) in [5, 5.41) is 2.95. The quantitative estimate of drug-likeness (QED) is 0.467. The van der Waals surface area contributed by atoms with E-state index in [4.69, 9.17) is 0 Å². The summed E-state index contributed by atoms with van der Waals surface area (Å²) in [7, 11) is 0. The van der Waals surface area contributed by atoms with E-state index in [2.05, 4.69) is 14.9 Å². The maximum atomic E-state index is 12.6. The Morgan fingerprint density at radius 2 is 1.66 bits per heavy atom. The third-order valence-corrected chi connectivity index (χ3v) is 5.38. The molecule has 4 aromatic rings. The van der Waals surface area contributed by atoms with Gasteiger partial charge in [0, 0.05) is 29.8 Å². The van der Waals surface area contributed by atoms with Gasteiger partial charge in [-0.1, -0.05) is 42.5 Å². The van der Waals surface area contributed by atoms with Crippen molar-refractivity contribution < 1.29 is 9.59 Å². The highest BCUT2D eigenvalue weighted by atomic mass is 16.1. The summed E-state index contributed by atoms with van der Waals surface area (Å²) in [4.78, 5) is 29.6. The number of rotatable bonds is 5. The molecule has 29 heavy (non-hydrogen) atoms. The van der Waals surface area contributed by atoms with Gasteiger partial charge in [-0.2, -0.15) is 0 Å². The highest BCUT2D eigenvalue weighted by Crippen LogP contribution is 2.36. The molecule has 0 fully saturated rings. The van der Waals surface area contributed by atoms with Crippen LogP contribution in [0, 0.1) is 0 Å². The molecule has 5 rings (SSSR count). The van der Waals surface area contributed by atoms with Crippen LogP contribution in [0.5, 0.6) is 0 Å². The van der Waals surface area contributed by atoms with Crippen LogP contribution < -0.4 is 5.32 Å². The SMILES string of the molecule is O=C(NCCCn1cnc2ccccc21)c1ccc2c(c1)C(=O)c1ccccc1-2. The Morgan fingerprint density at radius 3 is 2.55 bits per heavy atom. The van der Waals surface area contributed by atoms with E-state index in [9.17, 15) is 9.59 Å². The first-order chi connectivity index (χ1) is 14.2. The molecule has 0 unspecified atom stereocenters. The Labute approximate surface area is 168 Å². The van der Waals surface area contributed by atoms with E-state index in [-0.39, 0.29) is 11.7 Å². The molecule has 0 saturated heterocycles. The lowest BCUT2D eigenvalue weighted by Crippen LogP contribution is -2.25. The number of benzene rings is 3. The highest BCUT2D eigenvalue weighted by molar-refractivity contribution is 6.22. The van der Waals surface area contributed by atoms with Crippen LogP contribution in [0.4, 0.5) is 0 Å². The number of fused-ring (bicyclic) bond motifs is 4. The predicted molar refractivity (Wildman–Crippen MR) is 112 cm³/mol. The molecule has 0 spiro atoms. The third-order valence-electron chi connectivity index (χ3n) is 5.38. The van der Waals surface area contributed by atoms with Crippen molar-refractivity contribution in [3.05, 3.63) is 89.7 Å². The van der Waals surface area contributed by atoms with E-state index in [1.54, 1.807) is 12.1 Å². The van der Waals surface area contributed by atoms with Crippen LogP contribution in [0.25, 0.3) is 22.2 Å². The standard InChI is InChI=1S/C24H19N3O2/c28-23-19-7-2-1-6-17(19)18-11-10-16(14-20(18)23)24(29)25-12-5-13-27-15-26-21-8-3-4-9-22(21)27/h1-4,6-11,14-15H,5,12-13H2,(H,25,29). The van der Waals surface area contributed by atoms with Crippen molar-refractivity contribution >= 4 is 22.7 Å². The number of imidazole rings is 1. The first-order valence-electron chi connectivity index (χ1n) is 9.68. The summed E-state index contributed by atoms with van der Waals surface area (Å²) in [6.07, 6.45) is 2.62. The summed E-state index contributed by atoms with van der Waals surface area (Å²) in [6, 6.07) is 20.9. The zero-order chi connectivity index (χ0) is 19.8. The van der Waals surface area contributed by atoms with Crippen LogP contribution >= 0.6 is 0 Å². The van der Waals surface area contributed by atoms with Crippen molar-refractivity contribution in [2.24, 2.45) is 0 Å². The maximum Gasteiger partial charge on any atom is 0.251 e. The van der Waals surface area contributed by atoms with Crippen molar-refractivity contribution in [2.45, 2.75) is 13.0 Å². The smallest absolute Gasteiger partial charge is 0.251 e. The summed E-state index contributed by atoms with van der Waals surface area (Å²) in [5.41, 5.74) is 5.71. The van der Waals surface area contributed by atoms with Gasteiger partial charge in [-0.25, -0.2) is 4.98 Å². The van der Waals surface area contributed by atoms with Crippen molar-refractivity contribution in [3.63, 3.8) is 0 Å². The Morgan fingerprint density at radius 1 is 0.897 bits per heavy atom. The minimum absolute atomic E-state index is 0.0164. The zero-order valence-corrected chi connectivity index (χ0v) is 15.8. The summed E-state index contributed by atoms with van der Waals surface area (Å²) in [5.74, 6) is -0.177. The average Bonchev–Trinajstić information content (AvgIpc) is 3.30. The Kier molecular flexibility index (Phi) is 4.21. The third kappa shape index (κ3) is 3.01. The second-order valence-electron chi connectivity index (χ2n) is 7.17. The molecule has 0 aliphatic heterocycles. The van der Waals surface area contributed by atoms with Gasteiger partial charge in [0.1, 0.15) is 0 Å². The molecule has 1 amide bonds. The number of hydrogen-bond donors (Lipinski definition) is 1. The molecule has 1 aromatic heterocycles. The van der Waals surface area contributed by atoms with E-state index in [1.807, 2.05) is 60.9 Å². The Hall–Kier alpha value is -3.73. The minimum Gasteiger partial charge on any atom is -0.352 e. The summed E-state index contributed by atoms with van der Waals surface area (Å²) in [6.45, 7) is 1.33. The summed E-state index contributed by atoms with van der Waals surface area (Å²) >= 11 is 0. The van der Waals surface area contributed by atoms with Gasteiger partial charge in [-0.05, 0) is 41.8 Å². The van der Waals surface area contributed by atoms with E-state index in [1.165, 1.54) is 0 Å². The van der Waals surface area contributed by atoms with Gasteiger partial charge in [-0.3, -0.25) is 9.59 Å². The number of carbonyl (C=O) groups excluding carboxylic acids is 2. The molecular formula is C24H19N3O2. The largest absolute Gasteiger partial charge is 0.352 e. The molecule has 5 nitrogen and oxygen atoms in total. The van der Waals surface area contributed by atoms with Crippen molar-refractivity contribution in [1.82, 2.24) is 14.9 Å². The lowest BCUT2D eigenvalue weighted by atomic mass is 10.0. The number of nitrogens with zero attached hydrogens (tertiary/aromatic N) is 2. The van der Waals surface area contributed by atoms with E-state index in [0.29, 0.717) is 23.2 Å². The number of carbonyl (C=O) groups is 2. The van der Waals surface area contributed by atoms with Gasteiger partial charge < -0.3 is 9.88 Å². The monoisotopic (exact) mass is 381 g/mol. The summed E-state index contributed by atoms with van der Waals surface area (Å²) < 4.78 is 2.09. The lowest BCUT2D eigenvalue weighted by molar-refractivity contribution is 0.0953. The maximum absolute atomic E-state index is 12.6. The molecule has 142 valence electrons. The van der Waals surface area contributed by atoms with Gasteiger partial charge in [0.15, 0.2) is 5.78 Å². The van der Waals surface area contributed by atoms with Gasteiger partial charge in [-0.15, -0.1) is 0 Å². The number of ketones is 1. The predicted octanol–water partition coefficient (Wildman–Crippen LogP) is 4.07. The van der Waals surface area contributed by atoms with Crippen LogP contribution in [-0.4, -0.2) is 27.8 Å². The van der Waals surface area contributed by atoms with Crippen LogP contribution in [0.15, 0.2) is 73.1 Å². The Balaban J connectivity index is 1.24. The number of hydrogen-bond acceptors (Lipinski definition) is 3. The average molecular weight is 381 g/mol. The molecule has 5 heteroatoms. The first kappa shape index (κ1) is 17.4. The van der Waals surface area contributed by atoms with Crippen molar-refractivity contribution in [3.8, 4) is 11.1 Å². The molecule has 0 atom stereocenters. The van der Waals surface area contributed by atoms with Gasteiger partial charge >= 0.3 is 0 Å². The highest BCUT2D eigenvalue weighted by Gasteiger charge is 2.26. The van der Waals surface area contributed by atoms with Crippen LogP contribution in [-0.2, 0) is 6.54 Å². The second-order valence-corrected chi connectivity index (χ2v) is 7.17. The second kappa shape index (κ2) is 7.02. The first-order valence-corrected chi connectivity index (χ1v) is 9.68. The van der Waals surface area contributed by atoms with Crippen LogP contribution in [0.3, 0.4) is 0 Å². The molecule has 3 aromatic carbocycles. The number of aryl methyl sites for hydroxylation is 1. The topological polar surface area (TPSA) is 64.0 Å². The van der Waals surface area contributed by atoms with Crippen molar-refractivity contribution in [1.29, 1.82) is 0 Å². The molecule has 1 N–H and O–H groups in total. The molecule has 1 aliphatic rings. The number of para-hydroxylation sites is 2. The number of amides is 1. The molecule has 1 heterocycles. The fourth-order valence-electron chi connectivity index (χ4n) is 3.91. The van der Waals surface area contributed by atoms with E-state index in [0.717, 1.165) is 35.1 Å². The molecule has 0 bridgehead atoms. The lowest BCUT2D eigenvalue weighted by Gasteiger charge is -2.08. The van der Waals surface area contributed by atoms with Gasteiger partial charge in [0.05, 0.1) is 17.4 Å².